The van der Waals surface area contributed by atoms with E-state index in [1.54, 1.807) is 12.4 Å². The van der Waals surface area contributed by atoms with Crippen LogP contribution in [0.3, 0.4) is 0 Å². The van der Waals surface area contributed by atoms with Gasteiger partial charge < -0.3 is 19.8 Å². The topological polar surface area (TPSA) is 66.0 Å². The quantitative estimate of drug-likeness (QED) is 0.445. The Kier molecular flexibility index (Phi) is 6.21. The van der Waals surface area contributed by atoms with Crippen molar-refractivity contribution in [1.82, 2.24) is 24.8 Å². The Bertz CT molecular complexity index is 1210. The van der Waals surface area contributed by atoms with Gasteiger partial charge in [-0.05, 0) is 60.0 Å². The van der Waals surface area contributed by atoms with Gasteiger partial charge in [-0.2, -0.15) is 0 Å². The van der Waals surface area contributed by atoms with Gasteiger partial charge in [0.15, 0.2) is 5.82 Å². The second-order valence-electron chi connectivity index (χ2n) is 8.69. The lowest BCUT2D eigenvalue weighted by molar-refractivity contribution is 0.0941. The number of fused-ring (bicyclic) bond motifs is 1. The van der Waals surface area contributed by atoms with E-state index in [-0.39, 0.29) is 11.7 Å². The zero-order chi connectivity index (χ0) is 22.6. The maximum absolute atomic E-state index is 13.1. The molecule has 0 unspecified atom stereocenters. The molecule has 0 radical (unpaired) electrons. The number of benzene rings is 2. The Balaban J connectivity index is 1.19. The third-order valence-electron chi connectivity index (χ3n) is 6.53. The SMILES string of the molecule is O=C(NCc1ccc2ccn(C3CCN(CCc4ccc(F)cc4)CC3)c2c1)c1ncc[nH]1. The molecular formula is C26H28FN5O. The molecule has 0 spiro atoms. The van der Waals surface area contributed by atoms with Gasteiger partial charge in [0.1, 0.15) is 5.82 Å². The lowest BCUT2D eigenvalue weighted by Crippen LogP contribution is -2.35. The van der Waals surface area contributed by atoms with Crippen LogP contribution in [0, 0.1) is 5.82 Å². The molecule has 0 saturated carbocycles. The first-order valence-corrected chi connectivity index (χ1v) is 11.5. The van der Waals surface area contributed by atoms with Gasteiger partial charge in [0.2, 0.25) is 0 Å². The minimum Gasteiger partial charge on any atom is -0.345 e. The summed E-state index contributed by atoms with van der Waals surface area (Å²) < 4.78 is 15.5. The highest BCUT2D eigenvalue weighted by molar-refractivity contribution is 5.90. The summed E-state index contributed by atoms with van der Waals surface area (Å²) in [6.45, 7) is 3.58. The average Bonchev–Trinajstić information content (AvgIpc) is 3.53. The summed E-state index contributed by atoms with van der Waals surface area (Å²) in [4.78, 5) is 21.5. The molecule has 2 aromatic heterocycles. The monoisotopic (exact) mass is 445 g/mol. The molecule has 4 aromatic rings. The lowest BCUT2D eigenvalue weighted by atomic mass is 10.0. The van der Waals surface area contributed by atoms with Crippen LogP contribution in [0.5, 0.6) is 0 Å². The average molecular weight is 446 g/mol. The summed E-state index contributed by atoms with van der Waals surface area (Å²) in [5, 5.41) is 4.14. The first-order valence-electron chi connectivity index (χ1n) is 11.5. The number of hydrogen-bond donors (Lipinski definition) is 2. The largest absolute Gasteiger partial charge is 0.345 e. The molecule has 170 valence electrons. The van der Waals surface area contributed by atoms with Gasteiger partial charge in [0.25, 0.3) is 5.91 Å². The Morgan fingerprint density at radius 3 is 2.64 bits per heavy atom. The maximum Gasteiger partial charge on any atom is 0.287 e. The molecule has 1 amide bonds. The van der Waals surface area contributed by atoms with Gasteiger partial charge >= 0.3 is 0 Å². The van der Waals surface area contributed by atoms with Crippen molar-refractivity contribution in [2.75, 3.05) is 19.6 Å². The predicted octanol–water partition coefficient (Wildman–Crippen LogP) is 4.31. The van der Waals surface area contributed by atoms with Crippen molar-refractivity contribution < 1.29 is 9.18 Å². The summed E-state index contributed by atoms with van der Waals surface area (Å²) in [6.07, 6.45) is 8.56. The lowest BCUT2D eigenvalue weighted by Gasteiger charge is -2.33. The van der Waals surface area contributed by atoms with E-state index in [2.05, 4.69) is 55.2 Å². The Hall–Kier alpha value is -3.45. The van der Waals surface area contributed by atoms with E-state index in [1.165, 1.54) is 28.6 Å². The molecule has 0 atom stereocenters. The van der Waals surface area contributed by atoms with E-state index in [1.807, 2.05) is 12.1 Å². The number of amides is 1. The molecule has 1 saturated heterocycles. The maximum atomic E-state index is 13.1. The van der Waals surface area contributed by atoms with Crippen LogP contribution in [0.4, 0.5) is 4.39 Å². The highest BCUT2D eigenvalue weighted by atomic mass is 19.1. The van der Waals surface area contributed by atoms with Crippen molar-refractivity contribution in [3.05, 3.63) is 89.9 Å². The fraction of sp³-hybridized carbons (Fsp3) is 0.308. The summed E-state index contributed by atoms with van der Waals surface area (Å²) in [7, 11) is 0. The van der Waals surface area contributed by atoms with Gasteiger partial charge in [0, 0.05) is 56.3 Å². The first kappa shape index (κ1) is 21.4. The third kappa shape index (κ3) is 4.98. The van der Waals surface area contributed by atoms with E-state index in [0.717, 1.165) is 44.5 Å². The van der Waals surface area contributed by atoms with Gasteiger partial charge in [-0.15, -0.1) is 0 Å². The number of imidazole rings is 1. The fourth-order valence-electron chi connectivity index (χ4n) is 4.64. The number of carbonyl (C=O) groups is 1. The number of rotatable bonds is 7. The number of carbonyl (C=O) groups excluding carboxylic acids is 1. The fourth-order valence-corrected chi connectivity index (χ4v) is 4.64. The number of hydrogen-bond acceptors (Lipinski definition) is 3. The molecule has 1 aliphatic rings. The van der Waals surface area contributed by atoms with Crippen LogP contribution >= 0.6 is 0 Å². The molecule has 6 nitrogen and oxygen atoms in total. The normalized spacial score (nSPS) is 15.2. The number of halogens is 1. The number of nitrogens with one attached hydrogen (secondary N) is 2. The van der Waals surface area contributed by atoms with E-state index in [9.17, 15) is 9.18 Å². The molecule has 33 heavy (non-hydrogen) atoms. The minimum atomic E-state index is -0.205. The predicted molar refractivity (Wildman–Crippen MR) is 127 cm³/mol. The van der Waals surface area contributed by atoms with Gasteiger partial charge in [-0.1, -0.05) is 24.3 Å². The summed E-state index contributed by atoms with van der Waals surface area (Å²) in [5.74, 6) is -0.0595. The molecule has 0 aliphatic carbocycles. The van der Waals surface area contributed by atoms with E-state index >= 15 is 0 Å². The highest BCUT2D eigenvalue weighted by Gasteiger charge is 2.21. The van der Waals surface area contributed by atoms with E-state index in [0.29, 0.717) is 18.4 Å². The Morgan fingerprint density at radius 2 is 1.88 bits per heavy atom. The van der Waals surface area contributed by atoms with Gasteiger partial charge in [-0.25, -0.2) is 9.37 Å². The number of H-pyrrole nitrogens is 1. The molecule has 1 fully saturated rings. The van der Waals surface area contributed by atoms with Crippen molar-refractivity contribution in [2.45, 2.75) is 31.8 Å². The number of aromatic amines is 1. The number of nitrogens with zero attached hydrogens (tertiary/aromatic N) is 3. The van der Waals surface area contributed by atoms with Crippen molar-refractivity contribution in [3.8, 4) is 0 Å². The third-order valence-corrected chi connectivity index (χ3v) is 6.53. The van der Waals surface area contributed by atoms with Crippen LogP contribution in [0.2, 0.25) is 0 Å². The van der Waals surface area contributed by atoms with Gasteiger partial charge in [0.05, 0.1) is 0 Å². The van der Waals surface area contributed by atoms with Crippen LogP contribution in [-0.4, -0.2) is 45.0 Å². The van der Waals surface area contributed by atoms with Crippen molar-refractivity contribution in [1.29, 1.82) is 0 Å². The van der Waals surface area contributed by atoms with Crippen LogP contribution < -0.4 is 5.32 Å². The minimum absolute atomic E-state index is 0.179. The van der Waals surface area contributed by atoms with Crippen molar-refractivity contribution in [2.24, 2.45) is 0 Å². The number of aromatic nitrogens is 3. The van der Waals surface area contributed by atoms with Crippen LogP contribution in [0.1, 0.15) is 40.6 Å². The Labute approximate surface area is 192 Å². The van der Waals surface area contributed by atoms with Crippen molar-refractivity contribution in [3.63, 3.8) is 0 Å². The van der Waals surface area contributed by atoms with Crippen LogP contribution in [0.15, 0.2) is 67.1 Å². The standard InChI is InChI=1S/C26H28FN5O/c27-22-5-2-19(3-6-22)7-13-31-14-9-23(10-15-31)32-16-8-21-4-1-20(17-24(21)32)18-30-26(33)25-28-11-12-29-25/h1-6,8,11-12,16-17,23H,7,9-10,13-15,18H2,(H,28,29)(H,30,33). The molecule has 5 rings (SSSR count). The molecule has 0 bridgehead atoms. The van der Waals surface area contributed by atoms with Crippen LogP contribution in [-0.2, 0) is 13.0 Å². The molecule has 2 N–H and O–H groups in total. The molecule has 2 aromatic carbocycles. The van der Waals surface area contributed by atoms with Crippen molar-refractivity contribution >= 4 is 16.8 Å². The Morgan fingerprint density at radius 1 is 1.09 bits per heavy atom. The number of likely N-dealkylation sites (tertiary alicyclic amines) is 1. The smallest absolute Gasteiger partial charge is 0.287 e. The zero-order valence-corrected chi connectivity index (χ0v) is 18.5. The van der Waals surface area contributed by atoms with E-state index in [4.69, 9.17) is 0 Å². The van der Waals surface area contributed by atoms with Crippen LogP contribution in [0.25, 0.3) is 10.9 Å². The first-order chi connectivity index (χ1) is 16.2. The zero-order valence-electron chi connectivity index (χ0n) is 18.5. The van der Waals surface area contributed by atoms with Gasteiger partial charge in [-0.3, -0.25) is 4.79 Å². The molecule has 7 heteroatoms. The second-order valence-corrected chi connectivity index (χ2v) is 8.69. The second kappa shape index (κ2) is 9.58. The van der Waals surface area contributed by atoms with E-state index < -0.39 is 0 Å². The highest BCUT2D eigenvalue weighted by Crippen LogP contribution is 2.28. The summed E-state index contributed by atoms with van der Waals surface area (Å²) >= 11 is 0. The summed E-state index contributed by atoms with van der Waals surface area (Å²) in [5.41, 5.74) is 3.46. The number of piperidine rings is 1. The summed E-state index contributed by atoms with van der Waals surface area (Å²) in [6, 6.07) is 15.8. The molecule has 3 heterocycles. The molecular weight excluding hydrogens is 417 g/mol. The molecule has 1 aliphatic heterocycles.